The van der Waals surface area contributed by atoms with Gasteiger partial charge in [0.2, 0.25) is 0 Å². The number of fused-ring (bicyclic) bond motifs is 1. The molecule has 2 aromatic carbocycles. The zero-order chi connectivity index (χ0) is 20.8. The van der Waals surface area contributed by atoms with Crippen molar-refractivity contribution >= 4 is 32.6 Å². The molecule has 0 aliphatic rings. The van der Waals surface area contributed by atoms with E-state index in [4.69, 9.17) is 4.74 Å². The zero-order valence-corrected chi connectivity index (χ0v) is 17.8. The highest BCUT2D eigenvalue weighted by Gasteiger charge is 2.22. The summed E-state index contributed by atoms with van der Waals surface area (Å²) in [5.41, 5.74) is 0.854. The summed E-state index contributed by atoms with van der Waals surface area (Å²) in [5.74, 6) is 0.197. The molecular weight excluding hydrogens is 389 g/mol. The van der Waals surface area contributed by atoms with Gasteiger partial charge in [-0.3, -0.25) is 9.69 Å². The number of rotatable bonds is 9. The minimum absolute atomic E-state index is 0.153. The quantitative estimate of drug-likeness (QED) is 0.503. The number of likely N-dealkylation sites (N-methyl/N-ethyl adjacent to an activating group) is 1. The van der Waals surface area contributed by atoms with Gasteiger partial charge in [-0.25, -0.2) is 9.37 Å². The van der Waals surface area contributed by atoms with Crippen molar-refractivity contribution in [3.8, 4) is 5.75 Å². The van der Waals surface area contributed by atoms with Crippen molar-refractivity contribution < 1.29 is 13.9 Å². The molecule has 1 heterocycles. The predicted octanol–water partition coefficient (Wildman–Crippen LogP) is 4.82. The SMILES string of the molecule is CCOc1ccc(C(=O)N(CCN(CC)CC)c2nc3c(F)cccc3s2)cc1. The van der Waals surface area contributed by atoms with E-state index in [0.29, 0.717) is 35.9 Å². The smallest absolute Gasteiger partial charge is 0.260 e. The monoisotopic (exact) mass is 415 g/mol. The summed E-state index contributed by atoms with van der Waals surface area (Å²) in [5, 5.41) is 0.510. The van der Waals surface area contributed by atoms with Crippen LogP contribution in [0.25, 0.3) is 10.2 Å². The van der Waals surface area contributed by atoms with Gasteiger partial charge < -0.3 is 9.64 Å². The number of hydrogen-bond donors (Lipinski definition) is 0. The Hall–Kier alpha value is -2.51. The van der Waals surface area contributed by atoms with Crippen LogP contribution in [0.5, 0.6) is 5.75 Å². The number of carbonyl (C=O) groups is 1. The summed E-state index contributed by atoms with van der Waals surface area (Å²) in [4.78, 5) is 21.6. The van der Waals surface area contributed by atoms with Crippen LogP contribution in [0.3, 0.4) is 0 Å². The lowest BCUT2D eigenvalue weighted by Crippen LogP contribution is -2.38. The van der Waals surface area contributed by atoms with Crippen LogP contribution in [0.15, 0.2) is 42.5 Å². The first-order chi connectivity index (χ1) is 14.1. The second-order valence-corrected chi connectivity index (χ2v) is 7.53. The fourth-order valence-corrected chi connectivity index (χ4v) is 4.10. The van der Waals surface area contributed by atoms with Gasteiger partial charge in [-0.1, -0.05) is 31.3 Å². The third-order valence-corrected chi connectivity index (χ3v) is 5.82. The number of carbonyl (C=O) groups excluding carboxylic acids is 1. The molecule has 3 rings (SSSR count). The number of aromatic nitrogens is 1. The number of thiazole rings is 1. The lowest BCUT2D eigenvalue weighted by Gasteiger charge is -2.24. The molecule has 1 aromatic heterocycles. The van der Waals surface area contributed by atoms with Crippen molar-refractivity contribution in [1.29, 1.82) is 0 Å². The van der Waals surface area contributed by atoms with E-state index in [0.717, 1.165) is 23.5 Å². The van der Waals surface area contributed by atoms with E-state index in [1.54, 1.807) is 35.2 Å². The summed E-state index contributed by atoms with van der Waals surface area (Å²) in [7, 11) is 0. The van der Waals surface area contributed by atoms with Crippen LogP contribution in [-0.4, -0.2) is 48.6 Å². The van der Waals surface area contributed by atoms with Crippen molar-refractivity contribution in [1.82, 2.24) is 9.88 Å². The molecule has 0 radical (unpaired) electrons. The van der Waals surface area contributed by atoms with Gasteiger partial charge in [0.15, 0.2) is 5.13 Å². The molecule has 154 valence electrons. The van der Waals surface area contributed by atoms with Crippen LogP contribution < -0.4 is 9.64 Å². The molecule has 0 fully saturated rings. The number of nitrogens with zero attached hydrogens (tertiary/aromatic N) is 3. The molecule has 0 bridgehead atoms. The minimum atomic E-state index is -0.373. The Labute approximate surface area is 174 Å². The van der Waals surface area contributed by atoms with Crippen LogP contribution in [0, 0.1) is 5.82 Å². The molecule has 0 saturated heterocycles. The highest BCUT2D eigenvalue weighted by molar-refractivity contribution is 7.22. The number of halogens is 1. The number of hydrogen-bond acceptors (Lipinski definition) is 5. The molecule has 0 N–H and O–H groups in total. The van der Waals surface area contributed by atoms with Gasteiger partial charge in [0.25, 0.3) is 5.91 Å². The lowest BCUT2D eigenvalue weighted by atomic mass is 10.2. The zero-order valence-electron chi connectivity index (χ0n) is 17.0. The average molecular weight is 416 g/mol. The second-order valence-electron chi connectivity index (χ2n) is 6.52. The standard InChI is InChI=1S/C22H26FN3O2S/c1-4-25(5-2)14-15-26(21(27)16-10-12-17(13-11-16)28-6-3)22-24-20-18(23)8-7-9-19(20)29-22/h7-13H,4-6,14-15H2,1-3H3. The van der Waals surface area contributed by atoms with Crippen molar-refractivity contribution in [3.05, 3.63) is 53.8 Å². The molecule has 1 amide bonds. The van der Waals surface area contributed by atoms with Gasteiger partial charge in [0.1, 0.15) is 17.1 Å². The second kappa shape index (κ2) is 9.80. The lowest BCUT2D eigenvalue weighted by molar-refractivity contribution is 0.0983. The third kappa shape index (κ3) is 4.92. The van der Waals surface area contributed by atoms with E-state index in [1.165, 1.54) is 17.4 Å². The molecule has 29 heavy (non-hydrogen) atoms. The molecule has 0 saturated carbocycles. The first-order valence-corrected chi connectivity index (χ1v) is 10.7. The van der Waals surface area contributed by atoms with Crippen molar-refractivity contribution in [2.75, 3.05) is 37.7 Å². The van der Waals surface area contributed by atoms with Crippen molar-refractivity contribution in [3.63, 3.8) is 0 Å². The van der Waals surface area contributed by atoms with Gasteiger partial charge in [-0.15, -0.1) is 0 Å². The number of ether oxygens (including phenoxy) is 1. The van der Waals surface area contributed by atoms with Crippen molar-refractivity contribution in [2.24, 2.45) is 0 Å². The summed E-state index contributed by atoms with van der Waals surface area (Å²) < 4.78 is 20.3. The number of amides is 1. The van der Waals surface area contributed by atoms with E-state index in [-0.39, 0.29) is 11.7 Å². The van der Waals surface area contributed by atoms with E-state index >= 15 is 0 Å². The normalized spacial score (nSPS) is 11.2. The number of para-hydroxylation sites is 1. The fraction of sp³-hybridized carbons (Fsp3) is 0.364. The number of anilines is 1. The Morgan fingerprint density at radius 1 is 1.07 bits per heavy atom. The highest BCUT2D eigenvalue weighted by Crippen LogP contribution is 2.31. The van der Waals surface area contributed by atoms with Crippen LogP contribution in [-0.2, 0) is 0 Å². The van der Waals surface area contributed by atoms with Gasteiger partial charge >= 0.3 is 0 Å². The molecule has 0 aliphatic heterocycles. The fourth-order valence-electron chi connectivity index (χ4n) is 3.10. The maximum Gasteiger partial charge on any atom is 0.260 e. The Balaban J connectivity index is 1.92. The first kappa shape index (κ1) is 21.2. The largest absolute Gasteiger partial charge is 0.494 e. The first-order valence-electron chi connectivity index (χ1n) is 9.89. The maximum absolute atomic E-state index is 14.1. The van der Waals surface area contributed by atoms with Crippen LogP contribution in [0.4, 0.5) is 9.52 Å². The van der Waals surface area contributed by atoms with Crippen LogP contribution >= 0.6 is 11.3 Å². The Kier molecular flexibility index (Phi) is 7.17. The van der Waals surface area contributed by atoms with E-state index in [1.807, 2.05) is 13.0 Å². The molecule has 5 nitrogen and oxygen atoms in total. The molecule has 0 spiro atoms. The summed E-state index contributed by atoms with van der Waals surface area (Å²) >= 11 is 1.33. The minimum Gasteiger partial charge on any atom is -0.494 e. The Morgan fingerprint density at radius 3 is 2.41 bits per heavy atom. The van der Waals surface area contributed by atoms with Gasteiger partial charge in [-0.05, 0) is 56.4 Å². The van der Waals surface area contributed by atoms with Crippen LogP contribution in [0.2, 0.25) is 0 Å². The van der Waals surface area contributed by atoms with Gasteiger partial charge in [-0.2, -0.15) is 0 Å². The molecular formula is C22H26FN3O2S. The summed E-state index contributed by atoms with van der Waals surface area (Å²) in [6.07, 6.45) is 0. The molecule has 3 aromatic rings. The maximum atomic E-state index is 14.1. The Bertz CT molecular complexity index is 954. The Morgan fingerprint density at radius 2 is 1.79 bits per heavy atom. The topological polar surface area (TPSA) is 45.7 Å². The van der Waals surface area contributed by atoms with E-state index < -0.39 is 0 Å². The summed E-state index contributed by atoms with van der Waals surface area (Å²) in [6, 6.07) is 12.0. The molecule has 0 unspecified atom stereocenters. The average Bonchev–Trinajstić information content (AvgIpc) is 3.17. The molecule has 0 atom stereocenters. The van der Waals surface area contributed by atoms with E-state index in [9.17, 15) is 9.18 Å². The predicted molar refractivity (Wildman–Crippen MR) is 117 cm³/mol. The van der Waals surface area contributed by atoms with E-state index in [2.05, 4.69) is 23.7 Å². The third-order valence-electron chi connectivity index (χ3n) is 4.78. The van der Waals surface area contributed by atoms with Crippen LogP contribution in [0.1, 0.15) is 31.1 Å². The highest BCUT2D eigenvalue weighted by atomic mass is 32.1. The van der Waals surface area contributed by atoms with Crippen molar-refractivity contribution in [2.45, 2.75) is 20.8 Å². The molecule has 0 aliphatic carbocycles. The number of benzene rings is 2. The molecule has 7 heteroatoms. The summed E-state index contributed by atoms with van der Waals surface area (Å²) in [6.45, 7) is 9.67. The van der Waals surface area contributed by atoms with Gasteiger partial charge in [0, 0.05) is 18.7 Å². The van der Waals surface area contributed by atoms with Gasteiger partial charge in [0.05, 0.1) is 11.3 Å².